The monoisotopic (exact) mass is 553 g/mol. The highest BCUT2D eigenvalue weighted by molar-refractivity contribution is 7.26. The van der Waals surface area contributed by atoms with Gasteiger partial charge in [0.2, 0.25) is 0 Å². The highest BCUT2D eigenvalue weighted by Crippen LogP contribution is 2.42. The molecule has 0 aliphatic heterocycles. The van der Waals surface area contributed by atoms with Crippen molar-refractivity contribution in [2.75, 3.05) is 4.90 Å². The first kappa shape index (κ1) is 24.6. The zero-order valence-electron chi connectivity index (χ0n) is 22.9. The van der Waals surface area contributed by atoms with Crippen molar-refractivity contribution in [1.82, 2.24) is 0 Å². The lowest BCUT2D eigenvalue weighted by Crippen LogP contribution is -2.09. The van der Waals surface area contributed by atoms with Crippen LogP contribution < -0.4 is 4.90 Å². The molecular weight excluding hydrogens is 527 g/mol. The lowest BCUT2D eigenvalue weighted by molar-refractivity contribution is 1.28. The molecule has 0 saturated carbocycles. The molecule has 1 heterocycles. The van der Waals surface area contributed by atoms with Crippen molar-refractivity contribution in [1.29, 1.82) is 0 Å². The maximum atomic E-state index is 2.35. The molecule has 198 valence electrons. The van der Waals surface area contributed by atoms with Crippen LogP contribution in [0.4, 0.5) is 17.1 Å². The molecular formula is C40H27NS. The van der Waals surface area contributed by atoms with Gasteiger partial charge in [0.05, 0.1) is 0 Å². The molecule has 0 aliphatic carbocycles. The van der Waals surface area contributed by atoms with Crippen LogP contribution in [-0.2, 0) is 0 Å². The van der Waals surface area contributed by atoms with E-state index in [-0.39, 0.29) is 0 Å². The van der Waals surface area contributed by atoms with Crippen LogP contribution in [0.5, 0.6) is 0 Å². The molecule has 2 heteroatoms. The van der Waals surface area contributed by atoms with Crippen molar-refractivity contribution < 1.29 is 0 Å². The van der Waals surface area contributed by atoms with Gasteiger partial charge in [-0.2, -0.15) is 0 Å². The number of hydrogen-bond donors (Lipinski definition) is 0. The second-order valence-electron chi connectivity index (χ2n) is 10.6. The molecule has 1 aromatic heterocycles. The Morgan fingerprint density at radius 1 is 0.381 bits per heavy atom. The van der Waals surface area contributed by atoms with Gasteiger partial charge in [-0.1, -0.05) is 121 Å². The molecule has 7 aromatic carbocycles. The van der Waals surface area contributed by atoms with Gasteiger partial charge in [-0.25, -0.2) is 0 Å². The number of fused-ring (bicyclic) bond motifs is 4. The topological polar surface area (TPSA) is 3.24 Å². The van der Waals surface area contributed by atoms with Crippen molar-refractivity contribution in [3.05, 3.63) is 164 Å². The minimum atomic E-state index is 1.13. The average molecular weight is 554 g/mol. The summed E-state index contributed by atoms with van der Waals surface area (Å²) >= 11 is 1.88. The summed E-state index contributed by atoms with van der Waals surface area (Å²) in [4.78, 5) is 2.35. The molecule has 0 bridgehead atoms. The van der Waals surface area contributed by atoms with Gasteiger partial charge in [0.1, 0.15) is 0 Å². The van der Waals surface area contributed by atoms with Crippen LogP contribution in [0.25, 0.3) is 53.2 Å². The fourth-order valence-corrected chi connectivity index (χ4v) is 7.32. The molecule has 0 amide bonds. The molecule has 0 N–H and O–H groups in total. The Morgan fingerprint density at radius 3 is 1.88 bits per heavy atom. The Morgan fingerprint density at radius 2 is 1.00 bits per heavy atom. The number of anilines is 3. The summed E-state index contributed by atoms with van der Waals surface area (Å²) in [5.74, 6) is 0. The van der Waals surface area contributed by atoms with Gasteiger partial charge in [0, 0.05) is 37.2 Å². The van der Waals surface area contributed by atoms with E-state index in [0.29, 0.717) is 0 Å². The second-order valence-corrected chi connectivity index (χ2v) is 11.6. The zero-order valence-corrected chi connectivity index (χ0v) is 23.8. The third-order valence-electron chi connectivity index (χ3n) is 8.06. The predicted molar refractivity (Wildman–Crippen MR) is 182 cm³/mol. The predicted octanol–water partition coefficient (Wildman–Crippen LogP) is 12.0. The highest BCUT2D eigenvalue weighted by atomic mass is 32.1. The number of hydrogen-bond acceptors (Lipinski definition) is 2. The number of benzene rings is 7. The smallest absolute Gasteiger partial charge is 0.0467 e. The van der Waals surface area contributed by atoms with E-state index in [4.69, 9.17) is 0 Å². The minimum absolute atomic E-state index is 1.13. The van der Waals surface area contributed by atoms with Crippen LogP contribution in [0.1, 0.15) is 0 Å². The number of thiophene rings is 1. The van der Waals surface area contributed by atoms with Crippen molar-refractivity contribution >= 4 is 59.3 Å². The van der Waals surface area contributed by atoms with E-state index in [1.54, 1.807) is 0 Å². The molecule has 0 atom stereocenters. The van der Waals surface area contributed by atoms with E-state index in [2.05, 4.69) is 169 Å². The maximum absolute atomic E-state index is 2.35. The molecule has 8 aromatic rings. The molecule has 0 saturated heterocycles. The largest absolute Gasteiger partial charge is 0.310 e. The summed E-state index contributed by atoms with van der Waals surface area (Å²) in [6.07, 6.45) is 0. The molecule has 0 unspecified atom stereocenters. The van der Waals surface area contributed by atoms with Gasteiger partial charge < -0.3 is 4.90 Å². The lowest BCUT2D eigenvalue weighted by atomic mass is 9.98. The fraction of sp³-hybridized carbons (Fsp3) is 0. The third-order valence-corrected chi connectivity index (χ3v) is 9.28. The minimum Gasteiger partial charge on any atom is -0.310 e. The standard InChI is InChI=1S/C40H27NS/c1-2-14-31(15-3-1)41(32-25-23-29(24-26-32)35-19-9-12-28-11-4-5-17-34(28)35)33-16-8-13-30(27-33)36-20-10-21-38-37-18-6-7-22-39(37)42-40(36)38/h1-27H. The van der Waals surface area contributed by atoms with Crippen molar-refractivity contribution in [2.24, 2.45) is 0 Å². The lowest BCUT2D eigenvalue weighted by Gasteiger charge is -2.26. The Balaban J connectivity index is 1.24. The maximum Gasteiger partial charge on any atom is 0.0467 e. The van der Waals surface area contributed by atoms with E-state index in [0.717, 1.165) is 17.1 Å². The number of rotatable bonds is 5. The summed E-state index contributed by atoms with van der Waals surface area (Å²) in [6, 6.07) is 59.1. The fourth-order valence-electron chi connectivity index (χ4n) is 6.08. The summed E-state index contributed by atoms with van der Waals surface area (Å²) in [5.41, 5.74) is 8.36. The van der Waals surface area contributed by atoms with Crippen molar-refractivity contribution in [3.8, 4) is 22.3 Å². The van der Waals surface area contributed by atoms with Gasteiger partial charge >= 0.3 is 0 Å². The van der Waals surface area contributed by atoms with E-state index in [1.807, 2.05) is 11.3 Å². The van der Waals surface area contributed by atoms with E-state index in [1.165, 1.54) is 53.2 Å². The Bertz CT molecular complexity index is 2190. The van der Waals surface area contributed by atoms with Gasteiger partial charge in [-0.15, -0.1) is 11.3 Å². The summed E-state index contributed by atoms with van der Waals surface area (Å²) in [6.45, 7) is 0. The first-order valence-corrected chi connectivity index (χ1v) is 15.1. The summed E-state index contributed by atoms with van der Waals surface area (Å²) < 4.78 is 2.66. The highest BCUT2D eigenvalue weighted by Gasteiger charge is 2.16. The average Bonchev–Trinajstić information content (AvgIpc) is 3.45. The van der Waals surface area contributed by atoms with Crippen molar-refractivity contribution in [2.45, 2.75) is 0 Å². The Kier molecular flexibility index (Phi) is 6.05. The first-order chi connectivity index (χ1) is 20.8. The number of para-hydroxylation sites is 1. The second kappa shape index (κ2) is 10.3. The van der Waals surface area contributed by atoms with Gasteiger partial charge in [-0.3, -0.25) is 0 Å². The van der Waals surface area contributed by atoms with E-state index >= 15 is 0 Å². The Hall–Kier alpha value is -5.18. The molecule has 42 heavy (non-hydrogen) atoms. The van der Waals surface area contributed by atoms with E-state index < -0.39 is 0 Å². The van der Waals surface area contributed by atoms with Gasteiger partial charge in [-0.05, 0) is 75.5 Å². The quantitative estimate of drug-likeness (QED) is 0.205. The van der Waals surface area contributed by atoms with Crippen LogP contribution in [0.3, 0.4) is 0 Å². The van der Waals surface area contributed by atoms with E-state index in [9.17, 15) is 0 Å². The molecule has 0 aliphatic rings. The van der Waals surface area contributed by atoms with Gasteiger partial charge in [0.15, 0.2) is 0 Å². The summed E-state index contributed by atoms with van der Waals surface area (Å²) in [7, 11) is 0. The molecule has 8 rings (SSSR count). The van der Waals surface area contributed by atoms with Crippen LogP contribution in [0.15, 0.2) is 164 Å². The molecule has 0 radical (unpaired) electrons. The molecule has 0 spiro atoms. The number of nitrogens with zero attached hydrogens (tertiary/aromatic N) is 1. The van der Waals surface area contributed by atoms with Crippen molar-refractivity contribution in [3.63, 3.8) is 0 Å². The summed E-state index contributed by atoms with van der Waals surface area (Å²) in [5, 5.41) is 5.18. The SMILES string of the molecule is c1ccc(N(c2ccc(-c3cccc4ccccc34)cc2)c2cccc(-c3cccc4c3sc3ccccc34)c2)cc1. The molecule has 1 nitrogen and oxygen atoms in total. The Labute approximate surface area is 249 Å². The zero-order chi connectivity index (χ0) is 27.9. The van der Waals surface area contributed by atoms with Crippen LogP contribution in [-0.4, -0.2) is 0 Å². The third kappa shape index (κ3) is 4.25. The normalized spacial score (nSPS) is 11.3. The first-order valence-electron chi connectivity index (χ1n) is 14.3. The molecule has 0 fully saturated rings. The van der Waals surface area contributed by atoms with Crippen LogP contribution in [0.2, 0.25) is 0 Å². The van der Waals surface area contributed by atoms with Crippen LogP contribution >= 0.6 is 11.3 Å². The van der Waals surface area contributed by atoms with Crippen LogP contribution in [0, 0.1) is 0 Å². The van der Waals surface area contributed by atoms with Gasteiger partial charge in [0.25, 0.3) is 0 Å².